The van der Waals surface area contributed by atoms with Crippen LogP contribution in [-0.2, 0) is 0 Å². The number of fused-ring (bicyclic) bond motifs is 6. The van der Waals surface area contributed by atoms with Gasteiger partial charge in [0.15, 0.2) is 0 Å². The van der Waals surface area contributed by atoms with Gasteiger partial charge in [0.05, 0.1) is 11.0 Å². The van der Waals surface area contributed by atoms with Crippen LogP contribution in [0.25, 0.3) is 81.0 Å². The van der Waals surface area contributed by atoms with E-state index < -0.39 is 0 Å². The van der Waals surface area contributed by atoms with Crippen molar-refractivity contribution in [3.63, 3.8) is 0 Å². The van der Waals surface area contributed by atoms with Crippen molar-refractivity contribution in [3.8, 4) is 39.1 Å². The summed E-state index contributed by atoms with van der Waals surface area (Å²) in [5.74, 6) is 0. The Morgan fingerprint density at radius 1 is 0.298 bits per heavy atom. The van der Waals surface area contributed by atoms with Gasteiger partial charge < -0.3 is 9.47 Å². The van der Waals surface area contributed by atoms with Gasteiger partial charge in [0, 0.05) is 53.7 Å². The minimum atomic E-state index is 1.10. The van der Waals surface area contributed by atoms with E-state index in [1.807, 2.05) is 11.3 Å². The van der Waals surface area contributed by atoms with Gasteiger partial charge in [-0.3, -0.25) is 0 Å². The number of nitrogens with zero attached hydrogens (tertiary/aromatic N) is 2. The fraction of sp³-hybridized carbons (Fsp3) is 0. The highest BCUT2D eigenvalue weighted by atomic mass is 32.1. The first kappa shape index (κ1) is 33.2. The van der Waals surface area contributed by atoms with Gasteiger partial charge in [-0.1, -0.05) is 146 Å². The van der Waals surface area contributed by atoms with Crippen LogP contribution in [-0.4, -0.2) is 4.57 Å². The highest BCUT2D eigenvalue weighted by Gasteiger charge is 2.17. The van der Waals surface area contributed by atoms with Crippen LogP contribution in [0.15, 0.2) is 218 Å². The number of anilines is 3. The first-order valence-electron chi connectivity index (χ1n) is 19.4. The van der Waals surface area contributed by atoms with E-state index in [2.05, 4.69) is 228 Å². The molecule has 0 atom stereocenters. The molecule has 2 heterocycles. The summed E-state index contributed by atoms with van der Waals surface area (Å²) in [4.78, 5) is 2.34. The number of benzene rings is 9. The lowest BCUT2D eigenvalue weighted by atomic mass is 10.0. The second-order valence-electron chi connectivity index (χ2n) is 14.6. The van der Waals surface area contributed by atoms with Crippen molar-refractivity contribution in [3.05, 3.63) is 218 Å². The molecular formula is C54H36N2S. The zero-order valence-corrected chi connectivity index (χ0v) is 31.9. The predicted octanol–water partition coefficient (Wildman–Crippen LogP) is 15.6. The van der Waals surface area contributed by atoms with Crippen LogP contribution in [0.2, 0.25) is 0 Å². The maximum Gasteiger partial charge on any atom is 0.0541 e. The molecule has 0 N–H and O–H groups in total. The molecule has 0 aliphatic rings. The number of hydrogen-bond acceptors (Lipinski definition) is 2. The normalized spacial score (nSPS) is 11.5. The molecule has 0 aliphatic carbocycles. The summed E-state index contributed by atoms with van der Waals surface area (Å²) < 4.78 is 5.06. The van der Waals surface area contributed by atoms with E-state index in [-0.39, 0.29) is 0 Å². The lowest BCUT2D eigenvalue weighted by Crippen LogP contribution is -2.09. The summed E-state index contributed by atoms with van der Waals surface area (Å²) in [6, 6.07) is 79.3. The van der Waals surface area contributed by atoms with Crippen molar-refractivity contribution >= 4 is 70.4 Å². The topological polar surface area (TPSA) is 8.17 Å². The van der Waals surface area contributed by atoms with Crippen molar-refractivity contribution < 1.29 is 0 Å². The first-order chi connectivity index (χ1) is 28.2. The molecule has 11 aromatic rings. The Morgan fingerprint density at radius 3 is 1.37 bits per heavy atom. The van der Waals surface area contributed by atoms with E-state index in [4.69, 9.17) is 0 Å². The lowest BCUT2D eigenvalue weighted by Gasteiger charge is -2.26. The summed E-state index contributed by atoms with van der Waals surface area (Å²) >= 11 is 1.87. The van der Waals surface area contributed by atoms with Crippen LogP contribution in [0.5, 0.6) is 0 Å². The van der Waals surface area contributed by atoms with Crippen LogP contribution in [0, 0.1) is 0 Å². The molecular weight excluding hydrogens is 709 g/mol. The van der Waals surface area contributed by atoms with Crippen molar-refractivity contribution in [2.24, 2.45) is 0 Å². The number of hydrogen-bond donors (Lipinski definition) is 0. The van der Waals surface area contributed by atoms with Gasteiger partial charge in [-0.2, -0.15) is 0 Å². The molecule has 268 valence electrons. The summed E-state index contributed by atoms with van der Waals surface area (Å²) in [5.41, 5.74) is 14.1. The Morgan fingerprint density at radius 2 is 0.754 bits per heavy atom. The van der Waals surface area contributed by atoms with Crippen LogP contribution in [0.3, 0.4) is 0 Å². The summed E-state index contributed by atoms with van der Waals surface area (Å²) in [6.45, 7) is 0. The standard InChI is InChI=1S/C54H36N2S/c1-3-11-37(12-4-1)39-19-26-43(27-20-39)55(44-28-21-40(22-29-44)38-13-5-2-6-14-38)45-30-23-41(24-31-45)42-25-34-52-50(35-42)47-15-7-9-17-51(47)56(52)46-32-33-49-48-16-8-10-18-53(48)57-54(49)36-46/h1-36H. The molecule has 3 heteroatoms. The Balaban J connectivity index is 0.972. The molecule has 11 rings (SSSR count). The fourth-order valence-corrected chi connectivity index (χ4v) is 9.54. The van der Waals surface area contributed by atoms with E-state index in [0.717, 1.165) is 17.1 Å². The molecule has 2 aromatic heterocycles. The second kappa shape index (κ2) is 13.8. The van der Waals surface area contributed by atoms with Crippen molar-refractivity contribution in [2.75, 3.05) is 4.90 Å². The van der Waals surface area contributed by atoms with E-state index in [0.29, 0.717) is 0 Å². The van der Waals surface area contributed by atoms with E-state index in [9.17, 15) is 0 Å². The molecule has 9 aromatic carbocycles. The molecule has 0 radical (unpaired) electrons. The fourth-order valence-electron chi connectivity index (χ4n) is 8.40. The first-order valence-corrected chi connectivity index (χ1v) is 20.2. The zero-order valence-electron chi connectivity index (χ0n) is 31.1. The quantitative estimate of drug-likeness (QED) is 0.158. The van der Waals surface area contributed by atoms with Crippen LogP contribution in [0.4, 0.5) is 17.1 Å². The number of para-hydroxylation sites is 1. The third-order valence-electron chi connectivity index (χ3n) is 11.2. The molecule has 0 spiro atoms. The summed E-state index contributed by atoms with van der Waals surface area (Å²) in [7, 11) is 0. The molecule has 0 saturated carbocycles. The van der Waals surface area contributed by atoms with Gasteiger partial charge in [0.1, 0.15) is 0 Å². The van der Waals surface area contributed by atoms with Crippen LogP contribution in [0.1, 0.15) is 0 Å². The number of thiophene rings is 1. The van der Waals surface area contributed by atoms with Crippen molar-refractivity contribution in [1.82, 2.24) is 4.57 Å². The number of rotatable bonds is 7. The van der Waals surface area contributed by atoms with Crippen molar-refractivity contribution in [2.45, 2.75) is 0 Å². The van der Waals surface area contributed by atoms with E-state index >= 15 is 0 Å². The Bertz CT molecular complexity index is 3110. The lowest BCUT2D eigenvalue weighted by molar-refractivity contribution is 1.19. The summed E-state index contributed by atoms with van der Waals surface area (Å²) in [6.07, 6.45) is 0. The number of aromatic nitrogens is 1. The molecule has 0 bridgehead atoms. The minimum absolute atomic E-state index is 1.10. The SMILES string of the molecule is c1ccc(-c2ccc(N(c3ccc(-c4ccccc4)cc3)c3ccc(-c4ccc5c(c4)c4ccccc4n5-c4ccc5c(c4)sc4ccccc45)cc3)cc2)cc1. The van der Waals surface area contributed by atoms with Crippen LogP contribution < -0.4 is 4.90 Å². The molecule has 57 heavy (non-hydrogen) atoms. The van der Waals surface area contributed by atoms with Gasteiger partial charge in [-0.25, -0.2) is 0 Å². The second-order valence-corrected chi connectivity index (χ2v) is 15.7. The zero-order chi connectivity index (χ0) is 37.7. The van der Waals surface area contributed by atoms with Crippen LogP contribution >= 0.6 is 11.3 Å². The molecule has 0 unspecified atom stereocenters. The van der Waals surface area contributed by atoms with Gasteiger partial charge in [0.2, 0.25) is 0 Å². The molecule has 0 fully saturated rings. The largest absolute Gasteiger partial charge is 0.311 e. The average molecular weight is 745 g/mol. The Labute approximate surface area is 335 Å². The monoisotopic (exact) mass is 744 g/mol. The maximum absolute atomic E-state index is 2.42. The van der Waals surface area contributed by atoms with E-state index in [1.165, 1.54) is 81.0 Å². The highest BCUT2D eigenvalue weighted by molar-refractivity contribution is 7.25. The highest BCUT2D eigenvalue weighted by Crippen LogP contribution is 2.41. The molecule has 0 amide bonds. The summed E-state index contributed by atoms with van der Waals surface area (Å²) in [5, 5.41) is 5.15. The van der Waals surface area contributed by atoms with Crippen molar-refractivity contribution in [1.29, 1.82) is 0 Å². The maximum atomic E-state index is 2.42. The third kappa shape index (κ3) is 5.88. The van der Waals surface area contributed by atoms with Gasteiger partial charge in [0.25, 0.3) is 0 Å². The molecule has 0 aliphatic heterocycles. The van der Waals surface area contributed by atoms with Gasteiger partial charge in [-0.05, 0) is 106 Å². The third-order valence-corrected chi connectivity index (χ3v) is 12.4. The Hall–Kier alpha value is -7.20. The minimum Gasteiger partial charge on any atom is -0.311 e. The molecule has 0 saturated heterocycles. The molecule has 2 nitrogen and oxygen atoms in total. The predicted molar refractivity (Wildman–Crippen MR) is 245 cm³/mol. The Kier molecular flexibility index (Phi) is 8.04. The van der Waals surface area contributed by atoms with E-state index in [1.54, 1.807) is 0 Å². The smallest absolute Gasteiger partial charge is 0.0541 e. The van der Waals surface area contributed by atoms with Gasteiger partial charge >= 0.3 is 0 Å². The van der Waals surface area contributed by atoms with Gasteiger partial charge in [-0.15, -0.1) is 11.3 Å². The average Bonchev–Trinajstić information content (AvgIpc) is 3.83.